The van der Waals surface area contributed by atoms with Crippen molar-refractivity contribution >= 4 is 35.7 Å². The van der Waals surface area contributed by atoms with Crippen molar-refractivity contribution in [3.05, 3.63) is 12.7 Å². The van der Waals surface area contributed by atoms with Gasteiger partial charge in [-0.2, -0.15) is 0 Å². The molecule has 0 saturated heterocycles. The number of rotatable bonds is 1. The van der Waals surface area contributed by atoms with Crippen LogP contribution in [0, 0.1) is 0 Å². The SMILES string of the molecule is C=CC(=O)O.Cl.[AlH3].[H-].[Na+]. The first kappa shape index (κ1) is 23.0. The number of halogens is 1. The summed E-state index contributed by atoms with van der Waals surface area (Å²) in [5.41, 5.74) is 0. The summed E-state index contributed by atoms with van der Waals surface area (Å²) in [6.07, 6.45) is 0.833. The number of carboxylic acids is 1. The van der Waals surface area contributed by atoms with Gasteiger partial charge in [-0.15, -0.1) is 12.4 Å². The van der Waals surface area contributed by atoms with Crippen molar-refractivity contribution in [2.24, 2.45) is 0 Å². The second-order valence-electron chi connectivity index (χ2n) is 0.542. The Balaban J connectivity index is -0.0000000133. The molecule has 0 saturated carbocycles. The largest absolute Gasteiger partial charge is 1.00 e. The zero-order chi connectivity index (χ0) is 4.28. The molecule has 0 aromatic heterocycles. The van der Waals surface area contributed by atoms with Gasteiger partial charge in [-0.1, -0.05) is 6.58 Å². The molecule has 0 aromatic rings. The molecule has 0 atom stereocenters. The van der Waals surface area contributed by atoms with Crippen molar-refractivity contribution in [2.45, 2.75) is 0 Å². The van der Waals surface area contributed by atoms with Crippen LogP contribution in [0.4, 0.5) is 0 Å². The average Bonchev–Trinajstić information content (AvgIpc) is 1.38. The molecular formula is C3H9AlClNaO2. The molecule has 44 valence electrons. The molecule has 0 aromatic carbocycles. The molecule has 8 heavy (non-hydrogen) atoms. The van der Waals surface area contributed by atoms with Crippen molar-refractivity contribution in [1.29, 1.82) is 0 Å². The zero-order valence-corrected chi connectivity index (χ0v) is 6.86. The second-order valence-corrected chi connectivity index (χ2v) is 0.542. The van der Waals surface area contributed by atoms with Crippen molar-refractivity contribution in [3.8, 4) is 0 Å². The van der Waals surface area contributed by atoms with Crippen molar-refractivity contribution in [2.75, 3.05) is 0 Å². The minimum atomic E-state index is -0.981. The third-order valence-electron chi connectivity index (χ3n) is 0.175. The van der Waals surface area contributed by atoms with Crippen LogP contribution < -0.4 is 29.6 Å². The van der Waals surface area contributed by atoms with E-state index in [4.69, 9.17) is 5.11 Å². The molecule has 0 unspecified atom stereocenters. The molecule has 0 bridgehead atoms. The van der Waals surface area contributed by atoms with E-state index in [1.165, 1.54) is 0 Å². The van der Waals surface area contributed by atoms with E-state index in [-0.39, 0.29) is 60.8 Å². The molecule has 0 aliphatic carbocycles. The Morgan fingerprint density at radius 2 is 1.88 bits per heavy atom. The van der Waals surface area contributed by atoms with Gasteiger partial charge in [-0.05, 0) is 0 Å². The van der Waals surface area contributed by atoms with Crippen LogP contribution in [0.15, 0.2) is 12.7 Å². The molecule has 0 heterocycles. The molecule has 2 nitrogen and oxygen atoms in total. The van der Waals surface area contributed by atoms with Crippen molar-refractivity contribution in [3.63, 3.8) is 0 Å². The monoisotopic (exact) mass is 162 g/mol. The summed E-state index contributed by atoms with van der Waals surface area (Å²) in [6, 6.07) is 0. The average molecular weight is 163 g/mol. The fourth-order valence-corrected chi connectivity index (χ4v) is 0. The Kier molecular flexibility index (Phi) is 45.1. The van der Waals surface area contributed by atoms with E-state index in [1.54, 1.807) is 0 Å². The number of carboxylic acid groups (broad SMARTS) is 1. The fraction of sp³-hybridized carbons (Fsp3) is 0. The summed E-state index contributed by atoms with van der Waals surface area (Å²) in [5.74, 6) is -0.981. The number of hydrogen-bond acceptors (Lipinski definition) is 1. The molecule has 0 radical (unpaired) electrons. The van der Waals surface area contributed by atoms with Gasteiger partial charge in [0.1, 0.15) is 0 Å². The summed E-state index contributed by atoms with van der Waals surface area (Å²) < 4.78 is 0. The number of carbonyl (C=O) groups is 1. The third kappa shape index (κ3) is 27.8. The van der Waals surface area contributed by atoms with E-state index in [0.29, 0.717) is 0 Å². The number of hydrogen-bond donors (Lipinski definition) is 1. The molecular weight excluding hydrogens is 153 g/mol. The van der Waals surface area contributed by atoms with Gasteiger partial charge in [-0.3, -0.25) is 0 Å². The van der Waals surface area contributed by atoms with E-state index in [9.17, 15) is 4.79 Å². The van der Waals surface area contributed by atoms with E-state index < -0.39 is 5.97 Å². The fourth-order valence-electron chi connectivity index (χ4n) is 0. The summed E-state index contributed by atoms with van der Waals surface area (Å²) in [5, 5.41) is 7.60. The van der Waals surface area contributed by atoms with Gasteiger partial charge in [0.25, 0.3) is 0 Å². The van der Waals surface area contributed by atoms with Crippen LogP contribution in [0.25, 0.3) is 0 Å². The topological polar surface area (TPSA) is 37.3 Å². The molecule has 1 N–H and O–H groups in total. The molecule has 0 fully saturated rings. The van der Waals surface area contributed by atoms with Gasteiger partial charge in [0, 0.05) is 6.08 Å². The van der Waals surface area contributed by atoms with Gasteiger partial charge in [0.2, 0.25) is 0 Å². The van der Waals surface area contributed by atoms with Crippen LogP contribution in [-0.2, 0) is 4.79 Å². The molecule has 0 amide bonds. The third-order valence-corrected chi connectivity index (χ3v) is 0.175. The zero-order valence-electron chi connectivity index (χ0n) is 5.05. The van der Waals surface area contributed by atoms with Crippen LogP contribution >= 0.6 is 12.4 Å². The Labute approximate surface area is 88.7 Å². The molecule has 5 heteroatoms. The summed E-state index contributed by atoms with van der Waals surface area (Å²) in [6.45, 7) is 2.96. The van der Waals surface area contributed by atoms with Crippen LogP contribution in [0.5, 0.6) is 0 Å². The van der Waals surface area contributed by atoms with Crippen LogP contribution in [0.3, 0.4) is 0 Å². The maximum Gasteiger partial charge on any atom is 1.00 e. The smallest absolute Gasteiger partial charge is 1.00 e. The molecule has 0 aliphatic heterocycles. The van der Waals surface area contributed by atoms with Crippen molar-refractivity contribution < 1.29 is 40.9 Å². The molecule has 0 aliphatic rings. The first-order chi connectivity index (χ1) is 2.27. The van der Waals surface area contributed by atoms with Gasteiger partial charge < -0.3 is 6.53 Å². The van der Waals surface area contributed by atoms with Crippen molar-refractivity contribution in [1.82, 2.24) is 0 Å². The van der Waals surface area contributed by atoms with Gasteiger partial charge in [-0.25, -0.2) is 4.79 Å². The van der Waals surface area contributed by atoms with E-state index in [1.807, 2.05) is 0 Å². The maximum absolute atomic E-state index is 9.25. The van der Waals surface area contributed by atoms with E-state index in [0.717, 1.165) is 6.08 Å². The van der Waals surface area contributed by atoms with Gasteiger partial charge >= 0.3 is 35.5 Å². The summed E-state index contributed by atoms with van der Waals surface area (Å²) in [7, 11) is 0. The van der Waals surface area contributed by atoms with Crippen LogP contribution in [-0.4, -0.2) is 28.4 Å². The predicted molar refractivity (Wildman–Crippen MR) is 36.1 cm³/mol. The molecule has 0 spiro atoms. The maximum atomic E-state index is 9.25. The summed E-state index contributed by atoms with van der Waals surface area (Å²) in [4.78, 5) is 9.25. The van der Waals surface area contributed by atoms with Gasteiger partial charge in [0.05, 0.1) is 0 Å². The Morgan fingerprint density at radius 1 is 1.75 bits per heavy atom. The van der Waals surface area contributed by atoms with E-state index in [2.05, 4.69) is 6.58 Å². The minimum Gasteiger partial charge on any atom is -1.00 e. The van der Waals surface area contributed by atoms with E-state index >= 15 is 0 Å². The Hall–Kier alpha value is 1.03. The van der Waals surface area contributed by atoms with Crippen LogP contribution in [0.1, 0.15) is 1.43 Å². The Bertz CT molecular complexity index is 72.8. The van der Waals surface area contributed by atoms with Gasteiger partial charge in [0.15, 0.2) is 17.4 Å². The standard InChI is InChI=1S/C3H4O2.Al.ClH.Na.4H/c1-2-3(4)5;;;;;;;/h2H,1H2,(H,4,5);;1H;;;;;/q;;;+1;;;;-1. The first-order valence-electron chi connectivity index (χ1n) is 1.12. The summed E-state index contributed by atoms with van der Waals surface area (Å²) >= 11 is 0. The predicted octanol–water partition coefficient (Wildman–Crippen LogP) is -3.39. The first-order valence-corrected chi connectivity index (χ1v) is 1.12. The second kappa shape index (κ2) is 15.7. The minimum absolute atomic E-state index is 0. The number of aliphatic carboxylic acids is 1. The quantitative estimate of drug-likeness (QED) is 0.323. The normalized spacial score (nSPS) is 4.00. The Morgan fingerprint density at radius 3 is 1.88 bits per heavy atom. The van der Waals surface area contributed by atoms with Crippen LogP contribution in [0.2, 0.25) is 0 Å². The molecule has 0 rings (SSSR count).